The Morgan fingerprint density at radius 1 is 1.14 bits per heavy atom. The molecule has 8 nitrogen and oxygen atoms in total. The smallest absolute Gasteiger partial charge is 0.434 e. The van der Waals surface area contributed by atoms with Crippen LogP contribution < -0.4 is 19.6 Å². The minimum absolute atomic E-state index is 0.130. The van der Waals surface area contributed by atoms with E-state index in [1.807, 2.05) is 24.5 Å². The summed E-state index contributed by atoms with van der Waals surface area (Å²) in [5.41, 5.74) is 1.42. The second-order valence-electron chi connectivity index (χ2n) is 12.1. The molecule has 3 aromatic heterocycles. The number of hydrogen-bond donors (Lipinski definition) is 0. The quantitative estimate of drug-likeness (QED) is 0.182. The number of carbonyl (C=O) groups is 1. The van der Waals surface area contributed by atoms with E-state index in [1.54, 1.807) is 53.8 Å². The summed E-state index contributed by atoms with van der Waals surface area (Å²) >= 11 is 2.42. The Bertz CT molecular complexity index is 2480. The predicted molar refractivity (Wildman–Crippen MR) is 186 cm³/mol. The van der Waals surface area contributed by atoms with E-state index in [4.69, 9.17) is 9.47 Å². The number of thiazole rings is 1. The third-order valence-corrected chi connectivity index (χ3v) is 11.5. The van der Waals surface area contributed by atoms with Crippen molar-refractivity contribution in [3.8, 4) is 16.8 Å². The Hall–Kier alpha value is -4.93. The van der Waals surface area contributed by atoms with Gasteiger partial charge in [-0.15, -0.1) is 11.3 Å². The first-order chi connectivity index (χ1) is 24.0. The standard InChI is InChI=1S/C37H31F3N4O4S2/c1-5-48-35(46)30-31(29-23-11-7-6-10-21(23)14-15-26(29)47-4)44-33(45)28(50-36(44)42-32(30)37(38,39)40)17-22-16-19(2)43(20(22)3)34-25(18-41)24-12-8-9-13-27(24)49-34/h6-7,10-11,14-17,31H,5,8-9,12-13H2,1-4H3/b28-17+/t31-/m1/s1. The van der Waals surface area contributed by atoms with Crippen LogP contribution in [0.1, 0.15) is 64.3 Å². The number of allylic oxidation sites excluding steroid dienone is 1. The van der Waals surface area contributed by atoms with Crippen LogP contribution >= 0.6 is 22.7 Å². The second kappa shape index (κ2) is 12.8. The van der Waals surface area contributed by atoms with Crippen LogP contribution in [0, 0.1) is 25.2 Å². The van der Waals surface area contributed by atoms with Crippen molar-refractivity contribution in [1.29, 1.82) is 5.26 Å². The number of nitrogens with zero attached hydrogens (tertiary/aromatic N) is 4. The molecule has 2 aliphatic rings. The molecule has 0 amide bonds. The van der Waals surface area contributed by atoms with E-state index in [0.29, 0.717) is 21.9 Å². The van der Waals surface area contributed by atoms with E-state index < -0.39 is 35.0 Å². The molecule has 0 bridgehead atoms. The van der Waals surface area contributed by atoms with Crippen molar-refractivity contribution in [3.05, 3.63) is 112 Å². The highest BCUT2D eigenvalue weighted by molar-refractivity contribution is 7.15. The van der Waals surface area contributed by atoms with Gasteiger partial charge in [0.1, 0.15) is 22.9 Å². The van der Waals surface area contributed by atoms with Crippen LogP contribution in [0.3, 0.4) is 0 Å². The molecule has 0 spiro atoms. The van der Waals surface area contributed by atoms with Crippen LogP contribution in [0.4, 0.5) is 13.2 Å². The van der Waals surface area contributed by atoms with Crippen molar-refractivity contribution in [1.82, 2.24) is 9.13 Å². The summed E-state index contributed by atoms with van der Waals surface area (Å²) in [7, 11) is 1.38. The van der Waals surface area contributed by atoms with Crippen molar-refractivity contribution in [2.45, 2.75) is 58.7 Å². The molecule has 13 heteroatoms. The minimum Gasteiger partial charge on any atom is -0.496 e. The van der Waals surface area contributed by atoms with Gasteiger partial charge in [0.15, 0.2) is 10.5 Å². The Morgan fingerprint density at radius 3 is 2.62 bits per heavy atom. The van der Waals surface area contributed by atoms with Gasteiger partial charge in [-0.3, -0.25) is 9.36 Å². The number of nitriles is 1. The van der Waals surface area contributed by atoms with Crippen LogP contribution in [0.2, 0.25) is 0 Å². The number of halogens is 3. The number of carbonyl (C=O) groups excluding carboxylic acids is 1. The summed E-state index contributed by atoms with van der Waals surface area (Å²) < 4.78 is 58.6. The molecular formula is C37H31F3N4O4S2. The number of esters is 1. The van der Waals surface area contributed by atoms with E-state index in [1.165, 1.54) is 18.9 Å². The van der Waals surface area contributed by atoms with Crippen LogP contribution in [-0.4, -0.2) is 35.0 Å². The number of alkyl halides is 3. The van der Waals surface area contributed by atoms with E-state index in [2.05, 4.69) is 11.1 Å². The third kappa shape index (κ3) is 5.38. The highest BCUT2D eigenvalue weighted by Crippen LogP contribution is 2.44. The topological polar surface area (TPSA) is 98.6 Å². The lowest BCUT2D eigenvalue weighted by molar-refractivity contribution is -0.140. The number of aryl methyl sites for hydroxylation is 2. The number of rotatable bonds is 6. The Labute approximate surface area is 292 Å². The first kappa shape index (κ1) is 33.6. The number of fused-ring (bicyclic) bond motifs is 3. The van der Waals surface area contributed by atoms with Gasteiger partial charge in [0, 0.05) is 21.8 Å². The fraction of sp³-hybridized carbons (Fsp3) is 0.297. The fourth-order valence-corrected chi connectivity index (χ4v) is 9.50. The van der Waals surface area contributed by atoms with Gasteiger partial charge in [0.25, 0.3) is 5.56 Å². The maximum Gasteiger partial charge on any atom is 0.434 e. The lowest BCUT2D eigenvalue weighted by atomic mass is 9.90. The minimum atomic E-state index is -5.05. The molecule has 7 rings (SSSR count). The van der Waals surface area contributed by atoms with Gasteiger partial charge in [0.2, 0.25) is 0 Å². The van der Waals surface area contributed by atoms with Crippen molar-refractivity contribution >= 4 is 45.5 Å². The van der Waals surface area contributed by atoms with Crippen molar-refractivity contribution in [2.75, 3.05) is 13.7 Å². The summed E-state index contributed by atoms with van der Waals surface area (Å²) in [6.07, 6.45) is 0.494. The molecule has 0 unspecified atom stereocenters. The Kier molecular flexibility index (Phi) is 8.56. The maximum absolute atomic E-state index is 14.8. The van der Waals surface area contributed by atoms with Gasteiger partial charge >= 0.3 is 12.1 Å². The third-order valence-electron chi connectivity index (χ3n) is 9.24. The number of aromatic nitrogens is 2. The Morgan fingerprint density at radius 2 is 1.90 bits per heavy atom. The van der Waals surface area contributed by atoms with Crippen molar-refractivity contribution in [3.63, 3.8) is 0 Å². The molecule has 1 aliphatic heterocycles. The number of thiophene rings is 1. The molecule has 0 radical (unpaired) electrons. The van der Waals surface area contributed by atoms with Crippen molar-refractivity contribution in [2.24, 2.45) is 4.99 Å². The number of methoxy groups -OCH3 is 1. The molecule has 0 N–H and O–H groups in total. The van der Waals surface area contributed by atoms with Gasteiger partial charge in [0.05, 0.1) is 29.4 Å². The number of benzene rings is 2. The molecule has 5 aromatic rings. The zero-order chi connectivity index (χ0) is 35.5. The molecule has 0 fully saturated rings. The van der Waals surface area contributed by atoms with Crippen LogP contribution in [0.15, 0.2) is 63.5 Å². The van der Waals surface area contributed by atoms with Crippen LogP contribution in [-0.2, 0) is 22.4 Å². The molecule has 256 valence electrons. The van der Waals surface area contributed by atoms with Gasteiger partial charge < -0.3 is 14.0 Å². The fourth-order valence-electron chi connectivity index (χ4n) is 7.06. The number of hydrogen-bond acceptors (Lipinski definition) is 8. The van der Waals surface area contributed by atoms with Gasteiger partial charge in [-0.1, -0.05) is 41.7 Å². The van der Waals surface area contributed by atoms with Gasteiger partial charge in [-0.2, -0.15) is 18.4 Å². The maximum atomic E-state index is 14.8. The summed E-state index contributed by atoms with van der Waals surface area (Å²) in [5, 5.41) is 12.1. The summed E-state index contributed by atoms with van der Waals surface area (Å²) in [4.78, 5) is 32.9. The zero-order valence-electron chi connectivity index (χ0n) is 27.6. The average molecular weight is 717 g/mol. The number of ether oxygens (including phenoxy) is 2. The molecule has 1 atom stereocenters. The molecule has 0 saturated heterocycles. The van der Waals surface area contributed by atoms with E-state index in [0.717, 1.165) is 63.5 Å². The molecule has 0 saturated carbocycles. The first-order valence-corrected chi connectivity index (χ1v) is 17.7. The highest BCUT2D eigenvalue weighted by Gasteiger charge is 2.46. The first-order valence-electron chi connectivity index (χ1n) is 16.1. The normalized spacial score (nSPS) is 16.2. The zero-order valence-corrected chi connectivity index (χ0v) is 29.2. The Balaban J connectivity index is 1.49. The molecular weight excluding hydrogens is 686 g/mol. The predicted octanol–water partition coefficient (Wildman–Crippen LogP) is 6.72. The monoisotopic (exact) mass is 716 g/mol. The van der Waals surface area contributed by atoms with Crippen LogP contribution in [0.5, 0.6) is 5.75 Å². The van der Waals surface area contributed by atoms with E-state index in [9.17, 15) is 28.0 Å². The summed E-state index contributed by atoms with van der Waals surface area (Å²) in [5.74, 6) is -1.03. The lowest BCUT2D eigenvalue weighted by Crippen LogP contribution is -2.41. The summed E-state index contributed by atoms with van der Waals surface area (Å²) in [6.45, 7) is 5.11. The van der Waals surface area contributed by atoms with Gasteiger partial charge in [-0.25, -0.2) is 9.79 Å². The largest absolute Gasteiger partial charge is 0.496 e. The molecule has 4 heterocycles. The average Bonchev–Trinajstić information content (AvgIpc) is 3.71. The lowest BCUT2D eigenvalue weighted by Gasteiger charge is -2.28. The molecule has 1 aliphatic carbocycles. The SMILES string of the molecule is CCOC(=O)C1=C(C(F)(F)F)N=c2s/c(=C/c3cc(C)n(-c4sc5c(c4C#N)CCCC5)c3C)c(=O)n2[C@@H]1c1c(OC)ccc2ccccc12. The molecule has 50 heavy (non-hydrogen) atoms. The van der Waals surface area contributed by atoms with Crippen molar-refractivity contribution < 1.29 is 27.4 Å². The highest BCUT2D eigenvalue weighted by atomic mass is 32.1. The molecule has 2 aromatic carbocycles. The second-order valence-corrected chi connectivity index (χ2v) is 14.2. The van der Waals surface area contributed by atoms with E-state index >= 15 is 0 Å². The summed E-state index contributed by atoms with van der Waals surface area (Å²) in [6, 6.07) is 13.1. The van der Waals surface area contributed by atoms with Gasteiger partial charge in [-0.05, 0) is 86.6 Å². The van der Waals surface area contributed by atoms with E-state index in [-0.39, 0.29) is 27.3 Å². The van der Waals surface area contributed by atoms with Crippen LogP contribution in [0.25, 0.3) is 21.8 Å².